The van der Waals surface area contributed by atoms with Crippen LogP contribution in [-0.2, 0) is 0 Å². The predicted molar refractivity (Wildman–Crippen MR) is 62.1 cm³/mol. The van der Waals surface area contributed by atoms with Crippen LogP contribution in [-0.4, -0.2) is 0 Å². The number of benzene rings is 1. The van der Waals surface area contributed by atoms with Crippen molar-refractivity contribution in [1.82, 2.24) is 0 Å². The fraction of sp³-hybridized carbons (Fsp3) is 0.429. The molecule has 0 atom stereocenters. The second kappa shape index (κ2) is 5.12. The first kappa shape index (κ1) is 13.1. The Labute approximate surface area is 103 Å². The summed E-state index contributed by atoms with van der Waals surface area (Å²) in [6.45, 7) is 1.02. The van der Waals surface area contributed by atoms with E-state index in [1.165, 1.54) is 6.08 Å². The largest absolute Gasteiger partial charge is 0.203 e. The van der Waals surface area contributed by atoms with Crippen LogP contribution in [0.5, 0.6) is 0 Å². The maximum Gasteiger partial charge on any atom is 0.169 e. The highest BCUT2D eigenvalue weighted by molar-refractivity contribution is 5.55. The molecule has 0 nitrogen and oxygen atoms in total. The molecular formula is C14H14F4. The number of halogens is 4. The van der Waals surface area contributed by atoms with Crippen LogP contribution in [0, 0.1) is 30.2 Å². The summed E-state index contributed by atoms with van der Waals surface area (Å²) < 4.78 is 54.0. The van der Waals surface area contributed by atoms with Gasteiger partial charge in [0, 0.05) is 5.56 Å². The topological polar surface area (TPSA) is 0 Å². The van der Waals surface area contributed by atoms with Crippen molar-refractivity contribution in [2.75, 3.05) is 0 Å². The third kappa shape index (κ3) is 2.28. The van der Waals surface area contributed by atoms with Crippen LogP contribution in [0.4, 0.5) is 17.6 Å². The smallest absolute Gasteiger partial charge is 0.169 e. The molecule has 0 aliphatic heterocycles. The Morgan fingerprint density at radius 3 is 1.78 bits per heavy atom. The van der Waals surface area contributed by atoms with Gasteiger partial charge in [-0.1, -0.05) is 12.0 Å². The van der Waals surface area contributed by atoms with Crippen LogP contribution >= 0.6 is 0 Å². The van der Waals surface area contributed by atoms with Gasteiger partial charge < -0.3 is 0 Å². The molecule has 0 amide bonds. The zero-order valence-electron chi connectivity index (χ0n) is 10.1. The summed E-state index contributed by atoms with van der Waals surface area (Å²) in [7, 11) is 0. The molecule has 1 aromatic carbocycles. The lowest BCUT2D eigenvalue weighted by atomic mass is 9.93. The monoisotopic (exact) mass is 258 g/mol. The van der Waals surface area contributed by atoms with Crippen LogP contribution in [0.2, 0.25) is 0 Å². The zero-order valence-corrected chi connectivity index (χ0v) is 10.1. The Morgan fingerprint density at radius 2 is 1.28 bits per heavy atom. The van der Waals surface area contributed by atoms with E-state index in [1.54, 1.807) is 0 Å². The molecule has 4 heteroatoms. The molecule has 0 N–H and O–H groups in total. The molecule has 0 aromatic heterocycles. The van der Waals surface area contributed by atoms with E-state index in [4.69, 9.17) is 0 Å². The average molecular weight is 258 g/mol. The molecule has 98 valence electrons. The lowest BCUT2D eigenvalue weighted by molar-refractivity contribution is 0.442. The van der Waals surface area contributed by atoms with Crippen molar-refractivity contribution < 1.29 is 17.6 Å². The highest BCUT2D eigenvalue weighted by atomic mass is 19.2. The zero-order chi connectivity index (χ0) is 13.3. The molecule has 1 aliphatic carbocycles. The van der Waals surface area contributed by atoms with Crippen molar-refractivity contribution in [3.63, 3.8) is 0 Å². The van der Waals surface area contributed by atoms with Gasteiger partial charge in [-0.25, -0.2) is 17.6 Å². The number of hydrogen-bond acceptors (Lipinski definition) is 0. The lowest BCUT2D eigenvalue weighted by Gasteiger charge is -2.14. The lowest BCUT2D eigenvalue weighted by Crippen LogP contribution is -2.04. The van der Waals surface area contributed by atoms with Crippen LogP contribution in [0.25, 0.3) is 6.08 Å². The van der Waals surface area contributed by atoms with E-state index in [-0.39, 0.29) is 0 Å². The minimum absolute atomic E-state index is 0.590. The first-order chi connectivity index (χ1) is 8.52. The Kier molecular flexibility index (Phi) is 3.73. The standard InChI is InChI=1S/C14H14F4/c1-8-11(15)13(17)10(14(18)12(8)16)7-9-5-3-2-4-6-9/h7H,2-6H2,1H3. The Balaban J connectivity index is 2.50. The maximum atomic E-state index is 13.6. The van der Waals surface area contributed by atoms with Gasteiger partial charge in [0.25, 0.3) is 0 Å². The molecule has 0 heterocycles. The molecular weight excluding hydrogens is 244 g/mol. The van der Waals surface area contributed by atoms with Crippen LogP contribution in [0.15, 0.2) is 5.57 Å². The van der Waals surface area contributed by atoms with Crippen molar-refractivity contribution in [2.45, 2.75) is 39.0 Å². The van der Waals surface area contributed by atoms with Crippen molar-refractivity contribution in [1.29, 1.82) is 0 Å². The second-order valence-corrected chi connectivity index (χ2v) is 4.66. The quantitative estimate of drug-likeness (QED) is 0.496. The van der Waals surface area contributed by atoms with E-state index < -0.39 is 34.4 Å². The van der Waals surface area contributed by atoms with Gasteiger partial charge in [0.15, 0.2) is 23.3 Å². The van der Waals surface area contributed by atoms with E-state index in [2.05, 4.69) is 0 Å². The van der Waals surface area contributed by atoms with Gasteiger partial charge in [-0.05, 0) is 38.7 Å². The van der Waals surface area contributed by atoms with Crippen molar-refractivity contribution in [2.24, 2.45) is 0 Å². The summed E-state index contributed by atoms with van der Waals surface area (Å²) in [6, 6.07) is 0. The minimum atomic E-state index is -1.31. The molecule has 1 fully saturated rings. The summed E-state index contributed by atoms with van der Waals surface area (Å²) >= 11 is 0. The average Bonchev–Trinajstić information content (AvgIpc) is 2.40. The van der Waals surface area contributed by atoms with Crippen molar-refractivity contribution in [3.8, 4) is 0 Å². The summed E-state index contributed by atoms with van der Waals surface area (Å²) in [4.78, 5) is 0. The molecule has 1 aliphatic rings. The summed E-state index contributed by atoms with van der Waals surface area (Å²) in [5, 5.41) is 0. The molecule has 0 spiro atoms. The molecule has 0 saturated heterocycles. The van der Waals surface area contributed by atoms with Gasteiger partial charge >= 0.3 is 0 Å². The van der Waals surface area contributed by atoms with Gasteiger partial charge in [0.1, 0.15) is 0 Å². The maximum absolute atomic E-state index is 13.6. The molecule has 2 rings (SSSR count). The third-order valence-corrected chi connectivity index (χ3v) is 3.36. The first-order valence-corrected chi connectivity index (χ1v) is 6.04. The van der Waals surface area contributed by atoms with Gasteiger partial charge in [-0.2, -0.15) is 0 Å². The van der Waals surface area contributed by atoms with E-state index in [1.807, 2.05) is 0 Å². The van der Waals surface area contributed by atoms with E-state index in [9.17, 15) is 17.6 Å². The van der Waals surface area contributed by atoms with Gasteiger partial charge in [-0.15, -0.1) is 0 Å². The van der Waals surface area contributed by atoms with Gasteiger partial charge in [-0.3, -0.25) is 0 Å². The third-order valence-electron chi connectivity index (χ3n) is 3.36. The van der Waals surface area contributed by atoms with Crippen LogP contribution in [0.3, 0.4) is 0 Å². The highest BCUT2D eigenvalue weighted by Gasteiger charge is 2.22. The summed E-state index contributed by atoms with van der Waals surface area (Å²) in [5.41, 5.74) is -0.356. The fourth-order valence-electron chi connectivity index (χ4n) is 2.24. The Hall–Kier alpha value is -1.32. The first-order valence-electron chi connectivity index (χ1n) is 6.04. The minimum Gasteiger partial charge on any atom is -0.203 e. The van der Waals surface area contributed by atoms with E-state index in [0.717, 1.165) is 44.6 Å². The molecule has 18 heavy (non-hydrogen) atoms. The number of hydrogen-bond donors (Lipinski definition) is 0. The predicted octanol–water partition coefficient (Wildman–Crippen LogP) is 4.90. The fourth-order valence-corrected chi connectivity index (χ4v) is 2.24. The molecule has 0 bridgehead atoms. The van der Waals surface area contributed by atoms with Crippen LogP contribution < -0.4 is 0 Å². The van der Waals surface area contributed by atoms with Crippen molar-refractivity contribution >= 4 is 6.08 Å². The van der Waals surface area contributed by atoms with E-state index >= 15 is 0 Å². The molecule has 0 unspecified atom stereocenters. The second-order valence-electron chi connectivity index (χ2n) is 4.66. The molecule has 1 saturated carbocycles. The summed E-state index contributed by atoms with van der Waals surface area (Å²) in [6.07, 6.45) is 5.71. The molecule has 1 aromatic rings. The highest BCUT2D eigenvalue weighted by Crippen LogP contribution is 2.29. The Morgan fingerprint density at radius 1 is 0.778 bits per heavy atom. The normalized spacial score (nSPS) is 15.9. The summed E-state index contributed by atoms with van der Waals surface area (Å²) in [5.74, 6) is -5.22. The van der Waals surface area contributed by atoms with Crippen molar-refractivity contribution in [3.05, 3.63) is 40.0 Å². The number of allylic oxidation sites excluding steroid dienone is 1. The van der Waals surface area contributed by atoms with Gasteiger partial charge in [0.05, 0.1) is 5.56 Å². The molecule has 0 radical (unpaired) electrons. The van der Waals surface area contributed by atoms with E-state index in [0.29, 0.717) is 0 Å². The SMILES string of the molecule is Cc1c(F)c(F)c(C=C2CCCCC2)c(F)c1F. The van der Waals surface area contributed by atoms with Crippen LogP contribution in [0.1, 0.15) is 43.2 Å². The van der Waals surface area contributed by atoms with Gasteiger partial charge in [0.2, 0.25) is 0 Å². The number of rotatable bonds is 1. The Bertz CT molecular complexity index is 466.